The van der Waals surface area contributed by atoms with Gasteiger partial charge in [-0.3, -0.25) is 4.90 Å². The van der Waals surface area contributed by atoms with Gasteiger partial charge in [-0.15, -0.1) is 10.2 Å². The summed E-state index contributed by atoms with van der Waals surface area (Å²) in [7, 11) is 1.99. The predicted octanol–water partition coefficient (Wildman–Crippen LogP) is 2.08. The predicted molar refractivity (Wildman–Crippen MR) is 83.7 cm³/mol. The molecule has 0 aliphatic carbocycles. The largest absolute Gasteiger partial charge is 0.395 e. The average Bonchev–Trinajstić information content (AvgIpc) is 2.87. The van der Waals surface area contributed by atoms with Crippen LogP contribution in [-0.4, -0.2) is 44.5 Å². The molecule has 1 aromatic carbocycles. The number of hydrogen-bond acceptors (Lipinski definition) is 4. The van der Waals surface area contributed by atoms with Crippen molar-refractivity contribution in [2.75, 3.05) is 19.7 Å². The maximum absolute atomic E-state index is 9.18. The summed E-state index contributed by atoms with van der Waals surface area (Å²) >= 11 is 0. The molecule has 0 aliphatic rings. The van der Waals surface area contributed by atoms with Gasteiger partial charge in [0.2, 0.25) is 0 Å². The molecule has 0 spiro atoms. The summed E-state index contributed by atoms with van der Waals surface area (Å²) in [6, 6.07) is 10.1. The van der Waals surface area contributed by atoms with E-state index in [-0.39, 0.29) is 6.61 Å². The summed E-state index contributed by atoms with van der Waals surface area (Å²) in [5, 5.41) is 17.8. The second-order valence-electron chi connectivity index (χ2n) is 5.22. The first-order chi connectivity index (χ1) is 10.3. The Bertz CT molecular complexity index is 538. The van der Waals surface area contributed by atoms with Gasteiger partial charge in [0, 0.05) is 19.2 Å². The minimum Gasteiger partial charge on any atom is -0.395 e. The summed E-state index contributed by atoms with van der Waals surface area (Å²) in [5.74, 6) is 1.81. The second kappa shape index (κ2) is 7.90. The van der Waals surface area contributed by atoms with Gasteiger partial charge in [0.05, 0.1) is 13.2 Å². The molecule has 5 nitrogen and oxygen atoms in total. The second-order valence-corrected chi connectivity index (χ2v) is 5.22. The Labute approximate surface area is 126 Å². The van der Waals surface area contributed by atoms with Gasteiger partial charge in [-0.1, -0.05) is 43.7 Å². The van der Waals surface area contributed by atoms with Gasteiger partial charge < -0.3 is 9.67 Å². The minimum absolute atomic E-state index is 0.174. The van der Waals surface area contributed by atoms with E-state index in [9.17, 15) is 5.11 Å². The van der Waals surface area contributed by atoms with E-state index in [2.05, 4.69) is 22.0 Å². The lowest BCUT2D eigenvalue weighted by atomic mass is 10.2. The molecule has 0 radical (unpaired) electrons. The van der Waals surface area contributed by atoms with Gasteiger partial charge in [-0.25, -0.2) is 0 Å². The molecule has 0 saturated carbocycles. The molecule has 2 rings (SSSR count). The van der Waals surface area contributed by atoms with Crippen LogP contribution < -0.4 is 0 Å². The van der Waals surface area contributed by atoms with Crippen molar-refractivity contribution in [2.45, 2.75) is 26.3 Å². The monoisotopic (exact) mass is 288 g/mol. The van der Waals surface area contributed by atoms with Crippen LogP contribution in [0.3, 0.4) is 0 Å². The number of rotatable bonds is 8. The fourth-order valence-corrected chi connectivity index (χ4v) is 2.33. The first-order valence-electron chi connectivity index (χ1n) is 7.53. The molecule has 1 aromatic heterocycles. The fourth-order valence-electron chi connectivity index (χ4n) is 2.33. The van der Waals surface area contributed by atoms with Crippen molar-refractivity contribution >= 4 is 0 Å². The SMILES string of the molecule is CCCCN(CCO)Cc1nnc(-c2ccccc2)n1C. The summed E-state index contributed by atoms with van der Waals surface area (Å²) in [4.78, 5) is 2.22. The molecule has 0 saturated heterocycles. The molecule has 0 amide bonds. The highest BCUT2D eigenvalue weighted by Crippen LogP contribution is 2.17. The first kappa shape index (κ1) is 15.7. The molecule has 5 heteroatoms. The lowest BCUT2D eigenvalue weighted by molar-refractivity contribution is 0.184. The van der Waals surface area contributed by atoms with Crippen LogP contribution in [0.1, 0.15) is 25.6 Å². The maximum atomic E-state index is 9.18. The van der Waals surface area contributed by atoms with Crippen LogP contribution in [0.25, 0.3) is 11.4 Å². The third-order valence-corrected chi connectivity index (χ3v) is 3.61. The van der Waals surface area contributed by atoms with Crippen molar-refractivity contribution in [3.8, 4) is 11.4 Å². The van der Waals surface area contributed by atoms with Crippen molar-refractivity contribution < 1.29 is 5.11 Å². The van der Waals surface area contributed by atoms with Crippen LogP contribution in [0.2, 0.25) is 0 Å². The lowest BCUT2D eigenvalue weighted by Gasteiger charge is -2.20. The third kappa shape index (κ3) is 4.12. The van der Waals surface area contributed by atoms with E-state index in [1.807, 2.05) is 41.9 Å². The molecular weight excluding hydrogens is 264 g/mol. The fraction of sp³-hybridized carbons (Fsp3) is 0.500. The van der Waals surface area contributed by atoms with Gasteiger partial charge in [-0.05, 0) is 13.0 Å². The van der Waals surface area contributed by atoms with Crippen LogP contribution in [0, 0.1) is 0 Å². The topological polar surface area (TPSA) is 54.2 Å². The quantitative estimate of drug-likeness (QED) is 0.808. The van der Waals surface area contributed by atoms with Gasteiger partial charge in [0.25, 0.3) is 0 Å². The zero-order chi connectivity index (χ0) is 15.1. The van der Waals surface area contributed by atoms with Gasteiger partial charge >= 0.3 is 0 Å². The smallest absolute Gasteiger partial charge is 0.163 e. The highest BCUT2D eigenvalue weighted by atomic mass is 16.3. The van der Waals surface area contributed by atoms with Crippen LogP contribution in [0.15, 0.2) is 30.3 Å². The molecular formula is C16H24N4O. The normalized spacial score (nSPS) is 11.2. The zero-order valence-electron chi connectivity index (χ0n) is 12.9. The zero-order valence-corrected chi connectivity index (χ0v) is 12.9. The Balaban J connectivity index is 2.12. The van der Waals surface area contributed by atoms with E-state index in [1.54, 1.807) is 0 Å². The highest BCUT2D eigenvalue weighted by Gasteiger charge is 2.13. The standard InChI is InChI=1S/C16H24N4O/c1-3-4-10-20(11-12-21)13-15-17-18-16(19(15)2)14-8-6-5-7-9-14/h5-9,21H,3-4,10-13H2,1-2H3. The Morgan fingerprint density at radius 2 is 1.90 bits per heavy atom. The highest BCUT2D eigenvalue weighted by molar-refractivity contribution is 5.54. The van der Waals surface area contributed by atoms with E-state index in [4.69, 9.17) is 0 Å². The molecule has 1 heterocycles. The van der Waals surface area contributed by atoms with E-state index in [1.165, 1.54) is 0 Å². The minimum atomic E-state index is 0.174. The first-order valence-corrected chi connectivity index (χ1v) is 7.53. The summed E-state index contributed by atoms with van der Waals surface area (Å²) < 4.78 is 2.03. The molecule has 0 atom stereocenters. The summed E-state index contributed by atoms with van der Waals surface area (Å²) in [5.41, 5.74) is 1.07. The Kier molecular flexibility index (Phi) is 5.90. The number of aliphatic hydroxyl groups excluding tert-OH is 1. The summed E-state index contributed by atoms with van der Waals surface area (Å²) in [6.07, 6.45) is 2.28. The van der Waals surface area contributed by atoms with Crippen LogP contribution in [-0.2, 0) is 13.6 Å². The molecule has 0 aliphatic heterocycles. The van der Waals surface area contributed by atoms with Crippen molar-refractivity contribution in [3.05, 3.63) is 36.2 Å². The number of aromatic nitrogens is 3. The molecule has 1 N–H and O–H groups in total. The molecule has 114 valence electrons. The Morgan fingerprint density at radius 1 is 1.14 bits per heavy atom. The Morgan fingerprint density at radius 3 is 2.57 bits per heavy atom. The number of benzene rings is 1. The lowest BCUT2D eigenvalue weighted by Crippen LogP contribution is -2.28. The van der Waals surface area contributed by atoms with Crippen molar-refractivity contribution in [1.29, 1.82) is 0 Å². The van der Waals surface area contributed by atoms with E-state index in [0.29, 0.717) is 6.54 Å². The van der Waals surface area contributed by atoms with E-state index >= 15 is 0 Å². The summed E-state index contributed by atoms with van der Waals surface area (Å²) in [6.45, 7) is 4.72. The number of unbranched alkanes of at least 4 members (excludes halogenated alkanes) is 1. The van der Waals surface area contributed by atoms with Crippen molar-refractivity contribution in [2.24, 2.45) is 7.05 Å². The van der Waals surface area contributed by atoms with Crippen molar-refractivity contribution in [1.82, 2.24) is 19.7 Å². The number of nitrogens with zero attached hydrogens (tertiary/aromatic N) is 4. The van der Waals surface area contributed by atoms with Crippen LogP contribution >= 0.6 is 0 Å². The third-order valence-electron chi connectivity index (χ3n) is 3.61. The Hall–Kier alpha value is -1.72. The average molecular weight is 288 g/mol. The molecule has 21 heavy (non-hydrogen) atoms. The number of aliphatic hydroxyl groups is 1. The van der Waals surface area contributed by atoms with Crippen molar-refractivity contribution in [3.63, 3.8) is 0 Å². The maximum Gasteiger partial charge on any atom is 0.163 e. The van der Waals surface area contributed by atoms with Gasteiger partial charge in [0.1, 0.15) is 5.82 Å². The van der Waals surface area contributed by atoms with E-state index < -0.39 is 0 Å². The van der Waals surface area contributed by atoms with Crippen LogP contribution in [0.4, 0.5) is 0 Å². The van der Waals surface area contributed by atoms with Gasteiger partial charge in [0.15, 0.2) is 5.82 Å². The number of hydrogen-bond donors (Lipinski definition) is 1. The molecule has 0 fully saturated rings. The molecule has 0 unspecified atom stereocenters. The van der Waals surface area contributed by atoms with Gasteiger partial charge in [-0.2, -0.15) is 0 Å². The van der Waals surface area contributed by atoms with E-state index in [0.717, 1.165) is 43.1 Å². The van der Waals surface area contributed by atoms with Crippen LogP contribution in [0.5, 0.6) is 0 Å². The molecule has 2 aromatic rings. The molecule has 0 bridgehead atoms.